The van der Waals surface area contributed by atoms with Gasteiger partial charge in [-0.05, 0) is 30.4 Å². The number of hydrogen-bond donors (Lipinski definition) is 0. The molecule has 2 rings (SSSR count). The summed E-state index contributed by atoms with van der Waals surface area (Å²) in [6, 6.07) is 8.53. The van der Waals surface area contributed by atoms with Gasteiger partial charge >= 0.3 is 0 Å². The van der Waals surface area contributed by atoms with Gasteiger partial charge in [0.25, 0.3) is 0 Å². The van der Waals surface area contributed by atoms with Crippen molar-refractivity contribution in [3.63, 3.8) is 0 Å². The van der Waals surface area contributed by atoms with Crippen LogP contribution in [0, 0.1) is 0 Å². The van der Waals surface area contributed by atoms with Crippen molar-refractivity contribution in [3.8, 4) is 5.75 Å². The number of benzene rings is 1. The molecule has 0 aromatic heterocycles. The molecule has 0 radical (unpaired) electrons. The van der Waals surface area contributed by atoms with Crippen LogP contribution in [0.3, 0.4) is 0 Å². The van der Waals surface area contributed by atoms with Gasteiger partial charge in [-0.1, -0.05) is 50.3 Å². The summed E-state index contributed by atoms with van der Waals surface area (Å²) in [5.74, 6) is 1.80. The maximum Gasteiger partial charge on any atom is 0.122 e. The molecule has 0 N–H and O–H groups in total. The fourth-order valence-corrected chi connectivity index (χ4v) is 2.77. The Balaban J connectivity index is 2.13. The van der Waals surface area contributed by atoms with E-state index in [-0.39, 0.29) is 0 Å². The zero-order chi connectivity index (χ0) is 11.2. The second-order valence-electron chi connectivity index (χ2n) is 4.78. The van der Waals surface area contributed by atoms with Crippen molar-refractivity contribution in [1.82, 2.24) is 0 Å². The molecule has 0 heterocycles. The summed E-state index contributed by atoms with van der Waals surface area (Å²) < 4.78 is 5.47. The van der Waals surface area contributed by atoms with Crippen molar-refractivity contribution in [2.75, 3.05) is 7.11 Å². The average molecular weight is 218 g/mol. The lowest BCUT2D eigenvalue weighted by molar-refractivity contribution is 0.392. The lowest BCUT2D eigenvalue weighted by Gasteiger charge is -2.21. The van der Waals surface area contributed by atoms with Crippen molar-refractivity contribution >= 4 is 0 Å². The maximum atomic E-state index is 5.47. The van der Waals surface area contributed by atoms with Gasteiger partial charge in [0.1, 0.15) is 5.75 Å². The monoisotopic (exact) mass is 218 g/mol. The third-order valence-corrected chi connectivity index (χ3v) is 3.68. The van der Waals surface area contributed by atoms with Gasteiger partial charge in [-0.15, -0.1) is 0 Å². The van der Waals surface area contributed by atoms with Crippen LogP contribution < -0.4 is 4.74 Å². The predicted octanol–water partition coefficient (Wildman–Crippen LogP) is 4.52. The third-order valence-electron chi connectivity index (χ3n) is 3.68. The lowest BCUT2D eigenvalue weighted by atomic mass is 9.85. The summed E-state index contributed by atoms with van der Waals surface area (Å²) in [4.78, 5) is 0. The molecule has 0 atom stereocenters. The molecule has 0 saturated heterocycles. The van der Waals surface area contributed by atoms with Gasteiger partial charge < -0.3 is 4.74 Å². The summed E-state index contributed by atoms with van der Waals surface area (Å²) in [5.41, 5.74) is 1.42. The summed E-state index contributed by atoms with van der Waals surface area (Å²) in [6.07, 6.45) is 9.67. The predicted molar refractivity (Wildman–Crippen MR) is 68.1 cm³/mol. The van der Waals surface area contributed by atoms with Gasteiger partial charge in [0.05, 0.1) is 7.11 Å². The lowest BCUT2D eigenvalue weighted by Crippen LogP contribution is -2.04. The van der Waals surface area contributed by atoms with Crippen LogP contribution in [0.25, 0.3) is 0 Å². The minimum atomic E-state index is 0.719. The van der Waals surface area contributed by atoms with Gasteiger partial charge in [0.2, 0.25) is 0 Å². The highest BCUT2D eigenvalue weighted by Gasteiger charge is 2.16. The van der Waals surface area contributed by atoms with E-state index in [0.29, 0.717) is 0 Å². The molecule has 1 aromatic carbocycles. The quantitative estimate of drug-likeness (QED) is 0.709. The van der Waals surface area contributed by atoms with E-state index in [4.69, 9.17) is 4.74 Å². The van der Waals surface area contributed by atoms with Crippen LogP contribution in [0.1, 0.15) is 56.4 Å². The number of rotatable bonds is 2. The fraction of sp³-hybridized carbons (Fsp3) is 0.600. The van der Waals surface area contributed by atoms with Crippen molar-refractivity contribution in [2.24, 2.45) is 0 Å². The first kappa shape index (κ1) is 11.5. The Morgan fingerprint density at radius 3 is 2.25 bits per heavy atom. The number of hydrogen-bond acceptors (Lipinski definition) is 1. The summed E-state index contributed by atoms with van der Waals surface area (Å²) in [7, 11) is 1.78. The van der Waals surface area contributed by atoms with Crippen LogP contribution in [0.15, 0.2) is 24.3 Å². The molecule has 1 nitrogen and oxygen atoms in total. The molecule has 0 spiro atoms. The molecule has 1 aliphatic rings. The largest absolute Gasteiger partial charge is 0.496 e. The van der Waals surface area contributed by atoms with Crippen molar-refractivity contribution in [1.29, 1.82) is 0 Å². The number of para-hydroxylation sites is 1. The van der Waals surface area contributed by atoms with E-state index in [1.807, 2.05) is 0 Å². The van der Waals surface area contributed by atoms with Crippen molar-refractivity contribution < 1.29 is 4.74 Å². The van der Waals surface area contributed by atoms with Gasteiger partial charge in [0, 0.05) is 0 Å². The third kappa shape index (κ3) is 2.78. The van der Waals surface area contributed by atoms with E-state index in [9.17, 15) is 0 Å². The van der Waals surface area contributed by atoms with Crippen molar-refractivity contribution in [3.05, 3.63) is 29.8 Å². The van der Waals surface area contributed by atoms with E-state index in [0.717, 1.165) is 11.7 Å². The normalized spacial score (nSPS) is 18.8. The van der Waals surface area contributed by atoms with Crippen LogP contribution in [0.5, 0.6) is 5.75 Å². The minimum Gasteiger partial charge on any atom is -0.496 e. The van der Waals surface area contributed by atoms with Gasteiger partial charge in [-0.25, -0.2) is 0 Å². The molecule has 1 heteroatoms. The number of methoxy groups -OCH3 is 1. The van der Waals surface area contributed by atoms with Gasteiger partial charge in [-0.2, -0.15) is 0 Å². The maximum absolute atomic E-state index is 5.47. The zero-order valence-corrected chi connectivity index (χ0v) is 10.2. The topological polar surface area (TPSA) is 9.23 Å². The molecule has 88 valence electrons. The Morgan fingerprint density at radius 1 is 0.938 bits per heavy atom. The molecular formula is C15H22O. The molecule has 0 amide bonds. The summed E-state index contributed by atoms with van der Waals surface area (Å²) >= 11 is 0. The van der Waals surface area contributed by atoms with Crippen LogP contribution in [0.4, 0.5) is 0 Å². The van der Waals surface area contributed by atoms with E-state index in [1.165, 1.54) is 50.5 Å². The Hall–Kier alpha value is -0.980. The molecule has 1 saturated carbocycles. The molecule has 0 bridgehead atoms. The first-order valence-electron chi connectivity index (χ1n) is 6.54. The van der Waals surface area contributed by atoms with E-state index >= 15 is 0 Å². The molecule has 0 unspecified atom stereocenters. The summed E-state index contributed by atoms with van der Waals surface area (Å²) in [6.45, 7) is 0. The first-order chi connectivity index (χ1) is 7.92. The second kappa shape index (κ2) is 5.93. The number of ether oxygens (including phenoxy) is 1. The van der Waals surface area contributed by atoms with E-state index in [2.05, 4.69) is 24.3 Å². The molecule has 1 fully saturated rings. The highest BCUT2D eigenvalue weighted by Crippen LogP contribution is 2.35. The SMILES string of the molecule is COc1ccccc1C1CCCCCCC1. The second-order valence-corrected chi connectivity index (χ2v) is 4.78. The van der Waals surface area contributed by atoms with Gasteiger partial charge in [0.15, 0.2) is 0 Å². The Bertz CT molecular complexity index is 311. The standard InChI is InChI=1S/C15H22O/c1-16-15-12-8-7-11-14(15)13-9-5-3-2-4-6-10-13/h7-8,11-13H,2-6,9-10H2,1H3. The van der Waals surface area contributed by atoms with E-state index in [1.54, 1.807) is 7.11 Å². The zero-order valence-electron chi connectivity index (χ0n) is 10.2. The smallest absolute Gasteiger partial charge is 0.122 e. The molecule has 0 aliphatic heterocycles. The Kier molecular flexibility index (Phi) is 4.26. The Labute approximate surface area is 98.8 Å². The molecule has 1 aliphatic carbocycles. The first-order valence-corrected chi connectivity index (χ1v) is 6.54. The average Bonchev–Trinajstić information content (AvgIpc) is 2.29. The minimum absolute atomic E-state index is 0.719. The summed E-state index contributed by atoms with van der Waals surface area (Å²) in [5, 5.41) is 0. The van der Waals surface area contributed by atoms with Crippen LogP contribution in [-0.2, 0) is 0 Å². The van der Waals surface area contributed by atoms with E-state index < -0.39 is 0 Å². The van der Waals surface area contributed by atoms with Crippen LogP contribution in [0.2, 0.25) is 0 Å². The molecule has 16 heavy (non-hydrogen) atoms. The van der Waals surface area contributed by atoms with Gasteiger partial charge in [-0.3, -0.25) is 0 Å². The van der Waals surface area contributed by atoms with Crippen molar-refractivity contribution in [2.45, 2.75) is 50.9 Å². The Morgan fingerprint density at radius 2 is 1.56 bits per heavy atom. The van der Waals surface area contributed by atoms with Crippen LogP contribution >= 0.6 is 0 Å². The highest BCUT2D eigenvalue weighted by molar-refractivity contribution is 5.36. The van der Waals surface area contributed by atoms with Crippen LogP contribution in [-0.4, -0.2) is 7.11 Å². The molecule has 1 aromatic rings. The fourth-order valence-electron chi connectivity index (χ4n) is 2.77. The molecular weight excluding hydrogens is 196 g/mol. The highest BCUT2D eigenvalue weighted by atomic mass is 16.5.